The average Bonchev–Trinajstić information content (AvgIpc) is 2.70. The first-order valence-electron chi connectivity index (χ1n) is 5.47. The van der Waals surface area contributed by atoms with Crippen LogP contribution in [0.5, 0.6) is 0 Å². The van der Waals surface area contributed by atoms with Crippen molar-refractivity contribution in [2.45, 2.75) is 31.7 Å². The lowest BCUT2D eigenvalue weighted by molar-refractivity contribution is -0.383. The van der Waals surface area contributed by atoms with Gasteiger partial charge in [0.1, 0.15) is 5.69 Å². The second-order valence-corrected chi connectivity index (χ2v) is 4.16. The highest BCUT2D eigenvalue weighted by molar-refractivity contribution is 5.66. The number of rotatable bonds is 3. The van der Waals surface area contributed by atoms with Gasteiger partial charge in [-0.25, -0.2) is 0 Å². The van der Waals surface area contributed by atoms with Crippen LogP contribution in [0.4, 0.5) is 17.1 Å². The molecule has 0 radical (unpaired) electrons. The van der Waals surface area contributed by atoms with Crippen LogP contribution in [0.1, 0.15) is 25.7 Å². The zero-order valence-electron chi connectivity index (χ0n) is 8.98. The Morgan fingerprint density at radius 1 is 1.38 bits per heavy atom. The summed E-state index contributed by atoms with van der Waals surface area (Å²) in [5.74, 6) is 0. The van der Waals surface area contributed by atoms with Gasteiger partial charge in [-0.1, -0.05) is 12.8 Å². The lowest BCUT2D eigenvalue weighted by Crippen LogP contribution is -2.14. The highest BCUT2D eigenvalue weighted by Gasteiger charge is 2.16. The van der Waals surface area contributed by atoms with E-state index in [-0.39, 0.29) is 11.4 Å². The first-order valence-corrected chi connectivity index (χ1v) is 5.47. The van der Waals surface area contributed by atoms with Crippen LogP contribution in [0.15, 0.2) is 18.2 Å². The molecule has 1 aliphatic rings. The predicted molar refractivity (Wildman–Crippen MR) is 63.4 cm³/mol. The molecule has 0 unspecified atom stereocenters. The van der Waals surface area contributed by atoms with Crippen LogP contribution in [-0.4, -0.2) is 11.0 Å². The summed E-state index contributed by atoms with van der Waals surface area (Å²) in [5.41, 5.74) is 6.67. The van der Waals surface area contributed by atoms with E-state index in [0.717, 1.165) is 18.5 Å². The molecule has 3 N–H and O–H groups in total. The summed E-state index contributed by atoms with van der Waals surface area (Å²) in [4.78, 5) is 10.1. The summed E-state index contributed by atoms with van der Waals surface area (Å²) < 4.78 is 0. The van der Waals surface area contributed by atoms with Crippen molar-refractivity contribution in [1.29, 1.82) is 0 Å². The maximum absolute atomic E-state index is 10.6. The number of benzene rings is 1. The topological polar surface area (TPSA) is 81.2 Å². The van der Waals surface area contributed by atoms with E-state index in [1.165, 1.54) is 18.9 Å². The zero-order chi connectivity index (χ0) is 11.5. The number of hydrogen-bond donors (Lipinski definition) is 2. The standard InChI is InChI=1S/C11H15N3O2/c12-10-7-9(5-6-11(10)14(15)16)13-8-3-1-2-4-8/h5-8,13H,1-4,12H2. The van der Waals surface area contributed by atoms with Crippen LogP contribution >= 0.6 is 0 Å². The highest BCUT2D eigenvalue weighted by Crippen LogP contribution is 2.27. The number of nitrogens with one attached hydrogen (secondary N) is 1. The van der Waals surface area contributed by atoms with Gasteiger partial charge in [-0.15, -0.1) is 0 Å². The summed E-state index contributed by atoms with van der Waals surface area (Å²) in [6.45, 7) is 0. The fourth-order valence-electron chi connectivity index (χ4n) is 2.12. The minimum atomic E-state index is -0.464. The molecule has 1 saturated carbocycles. The van der Waals surface area contributed by atoms with Crippen molar-refractivity contribution in [2.24, 2.45) is 0 Å². The maximum Gasteiger partial charge on any atom is 0.292 e. The van der Waals surface area contributed by atoms with Crippen LogP contribution in [0.2, 0.25) is 0 Å². The molecule has 0 amide bonds. The maximum atomic E-state index is 10.6. The van der Waals surface area contributed by atoms with E-state index >= 15 is 0 Å². The molecule has 0 bridgehead atoms. The van der Waals surface area contributed by atoms with E-state index in [4.69, 9.17) is 5.73 Å². The number of nitrogens with two attached hydrogens (primary N) is 1. The van der Waals surface area contributed by atoms with E-state index < -0.39 is 4.92 Å². The molecule has 0 aromatic heterocycles. The quantitative estimate of drug-likeness (QED) is 0.467. The van der Waals surface area contributed by atoms with Crippen LogP contribution in [0.3, 0.4) is 0 Å². The van der Waals surface area contributed by atoms with Crippen molar-refractivity contribution in [2.75, 3.05) is 11.1 Å². The molecule has 1 aromatic rings. The van der Waals surface area contributed by atoms with Crippen molar-refractivity contribution < 1.29 is 4.92 Å². The zero-order valence-corrected chi connectivity index (χ0v) is 8.98. The van der Waals surface area contributed by atoms with Crippen molar-refractivity contribution in [1.82, 2.24) is 0 Å². The van der Waals surface area contributed by atoms with Gasteiger partial charge in [-0.2, -0.15) is 0 Å². The van der Waals surface area contributed by atoms with E-state index in [0.29, 0.717) is 6.04 Å². The Balaban J connectivity index is 2.11. The molecule has 5 nitrogen and oxygen atoms in total. The molecule has 1 aliphatic carbocycles. The summed E-state index contributed by atoms with van der Waals surface area (Å²) in [6.07, 6.45) is 4.83. The fourth-order valence-corrected chi connectivity index (χ4v) is 2.12. The Hall–Kier alpha value is -1.78. The number of nitro groups is 1. The van der Waals surface area contributed by atoms with Gasteiger partial charge in [-0.05, 0) is 25.0 Å². The molecular weight excluding hydrogens is 206 g/mol. The average molecular weight is 221 g/mol. The van der Waals surface area contributed by atoms with Gasteiger partial charge in [0.25, 0.3) is 5.69 Å². The Labute approximate surface area is 93.8 Å². The molecule has 5 heteroatoms. The molecular formula is C11H15N3O2. The first-order chi connectivity index (χ1) is 7.66. The summed E-state index contributed by atoms with van der Waals surface area (Å²) in [6, 6.07) is 5.29. The third kappa shape index (κ3) is 2.24. The van der Waals surface area contributed by atoms with Gasteiger partial charge in [0.15, 0.2) is 0 Å². The number of nitrogens with zero attached hydrogens (tertiary/aromatic N) is 1. The van der Waals surface area contributed by atoms with Gasteiger partial charge in [0.05, 0.1) is 4.92 Å². The van der Waals surface area contributed by atoms with E-state index in [1.54, 1.807) is 12.1 Å². The van der Waals surface area contributed by atoms with Crippen LogP contribution in [0, 0.1) is 10.1 Å². The smallest absolute Gasteiger partial charge is 0.292 e. The number of nitrogen functional groups attached to an aromatic ring is 1. The third-order valence-electron chi connectivity index (χ3n) is 2.95. The molecule has 0 heterocycles. The fraction of sp³-hybridized carbons (Fsp3) is 0.455. The molecule has 0 saturated heterocycles. The Kier molecular flexibility index (Phi) is 2.94. The molecule has 16 heavy (non-hydrogen) atoms. The van der Waals surface area contributed by atoms with E-state index in [1.807, 2.05) is 0 Å². The Bertz CT molecular complexity index is 400. The SMILES string of the molecule is Nc1cc(NC2CCCC2)ccc1[N+](=O)[O-]. The predicted octanol–water partition coefficient (Wildman–Crippen LogP) is 2.53. The molecule has 86 valence electrons. The van der Waals surface area contributed by atoms with Crippen LogP contribution in [-0.2, 0) is 0 Å². The normalized spacial score (nSPS) is 16.2. The minimum absolute atomic E-state index is 0.0306. The highest BCUT2D eigenvalue weighted by atomic mass is 16.6. The van der Waals surface area contributed by atoms with Crippen molar-refractivity contribution in [3.8, 4) is 0 Å². The minimum Gasteiger partial charge on any atom is -0.393 e. The summed E-state index contributed by atoms with van der Waals surface area (Å²) in [7, 11) is 0. The molecule has 0 aliphatic heterocycles. The lowest BCUT2D eigenvalue weighted by atomic mass is 10.2. The molecule has 1 aromatic carbocycles. The number of nitro benzene ring substituents is 1. The molecule has 0 atom stereocenters. The number of anilines is 2. The second-order valence-electron chi connectivity index (χ2n) is 4.16. The third-order valence-corrected chi connectivity index (χ3v) is 2.95. The van der Waals surface area contributed by atoms with Crippen molar-refractivity contribution in [3.63, 3.8) is 0 Å². The van der Waals surface area contributed by atoms with Crippen molar-refractivity contribution >= 4 is 17.1 Å². The largest absolute Gasteiger partial charge is 0.393 e. The summed E-state index contributed by atoms with van der Waals surface area (Å²) in [5, 5.41) is 13.9. The Morgan fingerprint density at radius 3 is 2.62 bits per heavy atom. The van der Waals surface area contributed by atoms with Gasteiger partial charge >= 0.3 is 0 Å². The summed E-state index contributed by atoms with van der Waals surface area (Å²) >= 11 is 0. The first kappa shape index (κ1) is 10.7. The Morgan fingerprint density at radius 2 is 2.06 bits per heavy atom. The monoisotopic (exact) mass is 221 g/mol. The van der Waals surface area contributed by atoms with E-state index in [2.05, 4.69) is 5.32 Å². The lowest BCUT2D eigenvalue weighted by Gasteiger charge is -2.13. The second kappa shape index (κ2) is 4.38. The van der Waals surface area contributed by atoms with Gasteiger partial charge in [-0.3, -0.25) is 10.1 Å². The van der Waals surface area contributed by atoms with Gasteiger partial charge in [0, 0.05) is 17.8 Å². The van der Waals surface area contributed by atoms with E-state index in [9.17, 15) is 10.1 Å². The van der Waals surface area contributed by atoms with Gasteiger partial charge in [0.2, 0.25) is 0 Å². The molecule has 0 spiro atoms. The number of hydrogen-bond acceptors (Lipinski definition) is 4. The molecule has 1 fully saturated rings. The van der Waals surface area contributed by atoms with Crippen LogP contribution < -0.4 is 11.1 Å². The van der Waals surface area contributed by atoms with Crippen molar-refractivity contribution in [3.05, 3.63) is 28.3 Å². The van der Waals surface area contributed by atoms with Gasteiger partial charge < -0.3 is 11.1 Å². The van der Waals surface area contributed by atoms with Crippen LogP contribution in [0.25, 0.3) is 0 Å². The molecule has 2 rings (SSSR count).